The average Bonchev–Trinajstić information content (AvgIpc) is 2.58. The van der Waals surface area contributed by atoms with Gasteiger partial charge in [-0.3, -0.25) is 4.79 Å². The standard InChI is InChI=1S/C16H23NO3/c1-16(2,15(19)20-3)11-17-10-6-9-14(18)12-7-4-5-8-13(12)17/h4-5,7-8,14,18H,6,9-11H2,1-3H3. The predicted molar refractivity (Wildman–Crippen MR) is 78.6 cm³/mol. The van der Waals surface area contributed by atoms with Gasteiger partial charge in [0.15, 0.2) is 0 Å². The Bertz CT molecular complexity index is 484. The Morgan fingerprint density at radius 3 is 2.85 bits per heavy atom. The van der Waals surface area contributed by atoms with Crippen LogP contribution >= 0.6 is 0 Å². The molecule has 0 amide bonds. The van der Waals surface area contributed by atoms with Crippen LogP contribution < -0.4 is 4.90 Å². The molecule has 2 rings (SSSR count). The monoisotopic (exact) mass is 277 g/mol. The molecule has 0 fully saturated rings. The molecule has 0 saturated heterocycles. The number of hydrogen-bond donors (Lipinski definition) is 1. The van der Waals surface area contributed by atoms with E-state index in [1.807, 2.05) is 38.1 Å². The smallest absolute Gasteiger partial charge is 0.313 e. The maximum absolute atomic E-state index is 11.9. The summed E-state index contributed by atoms with van der Waals surface area (Å²) in [6.07, 6.45) is 1.25. The van der Waals surface area contributed by atoms with E-state index in [0.29, 0.717) is 6.54 Å². The minimum atomic E-state index is -0.572. The summed E-state index contributed by atoms with van der Waals surface area (Å²) in [4.78, 5) is 14.1. The SMILES string of the molecule is COC(=O)C(C)(C)CN1CCCC(O)c2ccccc21. The fourth-order valence-electron chi connectivity index (χ4n) is 2.79. The van der Waals surface area contributed by atoms with Crippen LogP contribution in [-0.2, 0) is 9.53 Å². The van der Waals surface area contributed by atoms with E-state index in [1.54, 1.807) is 0 Å². The van der Waals surface area contributed by atoms with Crippen LogP contribution in [0.15, 0.2) is 24.3 Å². The molecule has 0 aromatic heterocycles. The van der Waals surface area contributed by atoms with Gasteiger partial charge in [-0.1, -0.05) is 18.2 Å². The van der Waals surface area contributed by atoms with Crippen molar-refractivity contribution in [1.82, 2.24) is 0 Å². The van der Waals surface area contributed by atoms with Crippen molar-refractivity contribution in [2.45, 2.75) is 32.8 Å². The van der Waals surface area contributed by atoms with E-state index < -0.39 is 11.5 Å². The Balaban J connectivity index is 2.28. The lowest BCUT2D eigenvalue weighted by atomic mass is 9.92. The van der Waals surface area contributed by atoms with E-state index >= 15 is 0 Å². The third kappa shape index (κ3) is 2.96. The van der Waals surface area contributed by atoms with Crippen molar-refractivity contribution >= 4 is 11.7 Å². The first-order valence-corrected chi connectivity index (χ1v) is 7.06. The van der Waals surface area contributed by atoms with Gasteiger partial charge in [0.2, 0.25) is 0 Å². The Kier molecular flexibility index (Phi) is 4.33. The number of anilines is 1. The number of benzene rings is 1. The second-order valence-corrected chi connectivity index (χ2v) is 6.01. The van der Waals surface area contributed by atoms with E-state index in [2.05, 4.69) is 4.90 Å². The number of rotatable bonds is 3. The molecule has 1 N–H and O–H groups in total. The summed E-state index contributed by atoms with van der Waals surface area (Å²) < 4.78 is 4.88. The fraction of sp³-hybridized carbons (Fsp3) is 0.562. The number of fused-ring (bicyclic) bond motifs is 1. The lowest BCUT2D eigenvalue weighted by molar-refractivity contribution is -0.150. The van der Waals surface area contributed by atoms with Crippen LogP contribution in [0.3, 0.4) is 0 Å². The van der Waals surface area contributed by atoms with Crippen LogP contribution in [0, 0.1) is 5.41 Å². The molecule has 4 nitrogen and oxygen atoms in total. The summed E-state index contributed by atoms with van der Waals surface area (Å²) >= 11 is 0. The van der Waals surface area contributed by atoms with Crippen molar-refractivity contribution < 1.29 is 14.6 Å². The van der Waals surface area contributed by atoms with Gasteiger partial charge < -0.3 is 14.7 Å². The number of nitrogens with zero attached hydrogens (tertiary/aromatic N) is 1. The quantitative estimate of drug-likeness (QED) is 0.863. The van der Waals surface area contributed by atoms with Gasteiger partial charge in [0.25, 0.3) is 0 Å². The summed E-state index contributed by atoms with van der Waals surface area (Å²) in [5.41, 5.74) is 1.40. The average molecular weight is 277 g/mol. The van der Waals surface area contributed by atoms with Crippen LogP contribution in [0.2, 0.25) is 0 Å². The van der Waals surface area contributed by atoms with Crippen LogP contribution in [-0.4, -0.2) is 31.3 Å². The molecule has 0 bridgehead atoms. The molecule has 1 unspecified atom stereocenters. The zero-order valence-corrected chi connectivity index (χ0v) is 12.4. The normalized spacial score (nSPS) is 19.2. The number of methoxy groups -OCH3 is 1. The van der Waals surface area contributed by atoms with Crippen molar-refractivity contribution in [3.05, 3.63) is 29.8 Å². The first kappa shape index (κ1) is 14.9. The second-order valence-electron chi connectivity index (χ2n) is 6.01. The van der Waals surface area contributed by atoms with Crippen molar-refractivity contribution in [1.29, 1.82) is 0 Å². The van der Waals surface area contributed by atoms with Crippen LogP contribution in [0.5, 0.6) is 0 Å². The Morgan fingerprint density at radius 1 is 1.45 bits per heavy atom. The second kappa shape index (κ2) is 5.83. The summed E-state index contributed by atoms with van der Waals surface area (Å²) in [5.74, 6) is -0.209. The van der Waals surface area contributed by atoms with Gasteiger partial charge in [0.05, 0.1) is 18.6 Å². The summed E-state index contributed by atoms with van der Waals surface area (Å²) in [5, 5.41) is 10.2. The predicted octanol–water partition coefficient (Wildman–Crippen LogP) is 2.52. The van der Waals surface area contributed by atoms with Crippen molar-refractivity contribution in [3.63, 3.8) is 0 Å². The van der Waals surface area contributed by atoms with E-state index in [0.717, 1.165) is 30.6 Å². The summed E-state index contributed by atoms with van der Waals surface area (Å²) in [6.45, 7) is 5.21. The number of carbonyl (C=O) groups excluding carboxylic acids is 1. The van der Waals surface area contributed by atoms with Crippen LogP contribution in [0.1, 0.15) is 38.4 Å². The number of aliphatic hydroxyl groups excluding tert-OH is 1. The number of aliphatic hydroxyl groups is 1. The summed E-state index contributed by atoms with van der Waals surface area (Å²) in [7, 11) is 1.42. The third-order valence-electron chi connectivity index (χ3n) is 3.87. The highest BCUT2D eigenvalue weighted by atomic mass is 16.5. The molecule has 1 aromatic carbocycles. The van der Waals surface area contributed by atoms with Gasteiger partial charge in [-0.15, -0.1) is 0 Å². The van der Waals surface area contributed by atoms with Crippen LogP contribution in [0.25, 0.3) is 0 Å². The Morgan fingerprint density at radius 2 is 2.15 bits per heavy atom. The molecule has 1 aromatic rings. The molecule has 0 radical (unpaired) electrons. The highest BCUT2D eigenvalue weighted by Crippen LogP contribution is 2.34. The van der Waals surface area contributed by atoms with E-state index in [1.165, 1.54) is 7.11 Å². The Labute approximate surface area is 120 Å². The van der Waals surface area contributed by atoms with E-state index in [4.69, 9.17) is 4.74 Å². The Hall–Kier alpha value is -1.55. The molecular weight excluding hydrogens is 254 g/mol. The van der Waals surface area contributed by atoms with E-state index in [9.17, 15) is 9.90 Å². The van der Waals surface area contributed by atoms with E-state index in [-0.39, 0.29) is 5.97 Å². The molecule has 0 spiro atoms. The van der Waals surface area contributed by atoms with Crippen molar-refractivity contribution in [2.75, 3.05) is 25.1 Å². The minimum absolute atomic E-state index is 0.209. The maximum Gasteiger partial charge on any atom is 0.313 e. The number of ether oxygens (including phenoxy) is 1. The number of carbonyl (C=O) groups is 1. The molecular formula is C16H23NO3. The van der Waals surface area contributed by atoms with Gasteiger partial charge in [-0.25, -0.2) is 0 Å². The number of para-hydroxylation sites is 1. The first-order chi connectivity index (χ1) is 9.45. The molecule has 1 atom stereocenters. The zero-order valence-electron chi connectivity index (χ0n) is 12.4. The van der Waals surface area contributed by atoms with Gasteiger partial charge in [0, 0.05) is 24.3 Å². The maximum atomic E-state index is 11.9. The molecule has 4 heteroatoms. The van der Waals surface area contributed by atoms with Gasteiger partial charge in [0.1, 0.15) is 0 Å². The molecule has 1 aliphatic rings. The van der Waals surface area contributed by atoms with Crippen molar-refractivity contribution in [2.24, 2.45) is 5.41 Å². The fourth-order valence-corrected chi connectivity index (χ4v) is 2.79. The minimum Gasteiger partial charge on any atom is -0.469 e. The number of hydrogen-bond acceptors (Lipinski definition) is 4. The highest BCUT2D eigenvalue weighted by molar-refractivity contribution is 5.77. The topological polar surface area (TPSA) is 49.8 Å². The lowest BCUT2D eigenvalue weighted by Crippen LogP contribution is -2.40. The van der Waals surface area contributed by atoms with Gasteiger partial charge in [-0.2, -0.15) is 0 Å². The molecule has 110 valence electrons. The molecule has 1 aliphatic heterocycles. The lowest BCUT2D eigenvalue weighted by Gasteiger charge is -2.32. The molecule has 1 heterocycles. The molecule has 0 saturated carbocycles. The van der Waals surface area contributed by atoms with Crippen LogP contribution in [0.4, 0.5) is 5.69 Å². The molecule has 0 aliphatic carbocycles. The third-order valence-corrected chi connectivity index (χ3v) is 3.87. The van der Waals surface area contributed by atoms with Crippen molar-refractivity contribution in [3.8, 4) is 0 Å². The van der Waals surface area contributed by atoms with Gasteiger partial charge in [-0.05, 0) is 32.8 Å². The highest BCUT2D eigenvalue weighted by Gasteiger charge is 2.33. The largest absolute Gasteiger partial charge is 0.469 e. The van der Waals surface area contributed by atoms with Gasteiger partial charge >= 0.3 is 5.97 Å². The molecule has 20 heavy (non-hydrogen) atoms. The zero-order chi connectivity index (χ0) is 14.8. The first-order valence-electron chi connectivity index (χ1n) is 7.06. The summed E-state index contributed by atoms with van der Waals surface area (Å²) in [6, 6.07) is 7.88. The number of esters is 1.